The van der Waals surface area contributed by atoms with E-state index in [1.165, 1.54) is 12.3 Å². The normalized spacial score (nSPS) is 31.4. The van der Waals surface area contributed by atoms with Gasteiger partial charge in [-0.2, -0.15) is 0 Å². The highest BCUT2D eigenvalue weighted by Crippen LogP contribution is 2.38. The summed E-state index contributed by atoms with van der Waals surface area (Å²) in [5, 5.41) is 83.0. The number of aliphatic imine (C=N–C) groups is 1. The molecule has 0 aromatic carbocycles. The molecule has 2 fully saturated rings. The Hall–Kier alpha value is -3.69. The van der Waals surface area contributed by atoms with Gasteiger partial charge in [0.25, 0.3) is 0 Å². The average molecular weight is 740 g/mol. The minimum absolute atomic E-state index is 0.0589. The number of hydrogen-bond donors (Lipinski definition) is 11. The van der Waals surface area contributed by atoms with E-state index in [2.05, 4.69) is 16.9 Å². The number of carbonyl (C=O) groups is 2. The van der Waals surface area contributed by atoms with Gasteiger partial charge in [0.05, 0.1) is 36.7 Å². The molecule has 1 unspecified atom stereocenters. The first-order chi connectivity index (χ1) is 24.9. The molecule has 3 aliphatic heterocycles. The van der Waals surface area contributed by atoms with Gasteiger partial charge in [-0.05, 0) is 32.1 Å². The molecule has 0 radical (unpaired) electrons. The number of aliphatic carboxylic acids is 1. The predicted molar refractivity (Wildman–Crippen MR) is 180 cm³/mol. The van der Waals surface area contributed by atoms with Crippen LogP contribution in [0, 0.1) is 11.8 Å². The van der Waals surface area contributed by atoms with Gasteiger partial charge in [-0.3, -0.25) is 4.99 Å². The number of ether oxygens (including phenoxy) is 4. The van der Waals surface area contributed by atoms with Crippen molar-refractivity contribution in [3.8, 4) is 0 Å². The number of carboxylic acids is 1. The van der Waals surface area contributed by atoms with E-state index in [0.717, 1.165) is 25.5 Å². The van der Waals surface area contributed by atoms with E-state index in [9.17, 15) is 45.3 Å². The molecule has 0 bridgehead atoms. The van der Waals surface area contributed by atoms with Crippen molar-refractivity contribution in [2.75, 3.05) is 39.5 Å². The number of carbonyl (C=O) groups excluding carboxylic acids is 1. The molecular formula is C34H51N4O14+. The third-order valence-corrected chi connectivity index (χ3v) is 9.36. The zero-order valence-corrected chi connectivity index (χ0v) is 28.7. The van der Waals surface area contributed by atoms with E-state index in [1.54, 1.807) is 12.2 Å². The summed E-state index contributed by atoms with van der Waals surface area (Å²) in [4.78, 5) is 30.9. The molecule has 8 atom stereocenters. The van der Waals surface area contributed by atoms with Gasteiger partial charge in [0.2, 0.25) is 12.1 Å². The van der Waals surface area contributed by atoms with Crippen molar-refractivity contribution < 1.29 is 74.3 Å². The Morgan fingerprint density at radius 2 is 1.85 bits per heavy atom. The van der Waals surface area contributed by atoms with E-state index in [-0.39, 0.29) is 61.8 Å². The van der Waals surface area contributed by atoms with Gasteiger partial charge in [-0.15, -0.1) is 6.58 Å². The number of aliphatic hydroxyl groups is 7. The molecule has 4 rings (SSSR count). The lowest BCUT2D eigenvalue weighted by Crippen LogP contribution is -3.09. The summed E-state index contributed by atoms with van der Waals surface area (Å²) in [5.41, 5.74) is 6.50. The minimum Gasteiger partial charge on any atom is -0.477 e. The smallest absolute Gasteiger partial charge is 0.343 e. The molecule has 0 aromatic rings. The van der Waals surface area contributed by atoms with Crippen LogP contribution in [-0.4, -0.2) is 141 Å². The third-order valence-electron chi connectivity index (χ3n) is 9.36. The predicted octanol–water partition coefficient (Wildman–Crippen LogP) is -3.39. The second kappa shape index (κ2) is 18.9. The maximum Gasteiger partial charge on any atom is 0.343 e. The van der Waals surface area contributed by atoms with Crippen molar-refractivity contribution in [2.24, 2.45) is 22.6 Å². The summed E-state index contributed by atoms with van der Waals surface area (Å²) in [6, 6.07) is 0. The number of nitrogens with two attached hydrogens (primary N) is 1. The second-order valence-corrected chi connectivity index (χ2v) is 13.0. The Morgan fingerprint density at radius 3 is 2.48 bits per heavy atom. The van der Waals surface area contributed by atoms with Crippen LogP contribution in [0.3, 0.4) is 0 Å². The number of carboxylic acid groups (broad SMARTS) is 1. The number of nitrogens with zero attached hydrogens (tertiary/aromatic N) is 1. The first-order valence-corrected chi connectivity index (χ1v) is 17.3. The SMILES string of the molecule is C=C[C@H]1[C@H](O[C@@H]2O[C@H](CO)[C@@H](O)C(O)(O)[C@H]2O)OC=C(C(=O)OC2CCCCC2)[C@H]1/C=C/C1=C(NC(N)=NCCCO)C(C(=O)O)=C[NH+](CCO)C1. The van der Waals surface area contributed by atoms with Crippen LogP contribution < -0.4 is 16.0 Å². The average Bonchev–Trinajstić information content (AvgIpc) is 3.12. The summed E-state index contributed by atoms with van der Waals surface area (Å²) in [6.45, 7) is 3.20. The monoisotopic (exact) mass is 739 g/mol. The zero-order chi connectivity index (χ0) is 38.0. The molecule has 52 heavy (non-hydrogen) atoms. The second-order valence-electron chi connectivity index (χ2n) is 13.0. The lowest BCUT2D eigenvalue weighted by atomic mass is 9.83. The van der Waals surface area contributed by atoms with Gasteiger partial charge in [-0.1, -0.05) is 24.6 Å². The lowest BCUT2D eigenvalue weighted by molar-refractivity contribution is -0.843. The molecule has 3 heterocycles. The van der Waals surface area contributed by atoms with Gasteiger partial charge in [-0.25, -0.2) is 9.59 Å². The highest BCUT2D eigenvalue weighted by molar-refractivity contribution is 5.94. The molecule has 0 spiro atoms. The first-order valence-electron chi connectivity index (χ1n) is 17.3. The van der Waals surface area contributed by atoms with Crippen molar-refractivity contribution in [3.05, 3.63) is 59.7 Å². The van der Waals surface area contributed by atoms with E-state index in [0.29, 0.717) is 29.7 Å². The number of esters is 1. The summed E-state index contributed by atoms with van der Waals surface area (Å²) in [7, 11) is 0. The first kappa shape index (κ1) is 41.1. The number of aliphatic hydroxyl groups excluding tert-OH is 5. The topological polar surface area (TPSA) is 288 Å². The molecule has 0 amide bonds. The number of guanidine groups is 1. The van der Waals surface area contributed by atoms with Gasteiger partial charge >= 0.3 is 11.9 Å². The standard InChI is InChI=1S/C34H50N4O14/c1-2-21-22(10-9-19-15-38(12-14-40)16-23(29(44)45)26(19)37-33(35)36-11-6-13-39)24(30(46)50-20-7-4-3-5-8-20)18-49-31(21)52-32-28(43)34(47,48)27(42)25(17-41)51-32/h2,9-10,16,18,20-22,25,27-28,31-32,39-43,47-48H,1,3-8,11-15,17H2,(H,44,45)(H3,35,36,37)/p+1/b10-9+/t21-,22+,25-,27-,28+,31+,32+/m1/s1. The molecule has 1 aliphatic carbocycles. The molecule has 18 heteroatoms. The van der Waals surface area contributed by atoms with Crippen LogP contribution in [-0.2, 0) is 28.5 Å². The van der Waals surface area contributed by atoms with Crippen molar-refractivity contribution in [3.63, 3.8) is 0 Å². The Labute approximate surface area is 300 Å². The maximum atomic E-state index is 13.7. The van der Waals surface area contributed by atoms with Crippen molar-refractivity contribution >= 4 is 17.9 Å². The number of allylic oxidation sites excluding steroid dienone is 1. The lowest BCUT2D eigenvalue weighted by Gasteiger charge is -2.46. The summed E-state index contributed by atoms with van der Waals surface area (Å²) < 4.78 is 22.9. The third kappa shape index (κ3) is 9.84. The molecule has 12 N–H and O–H groups in total. The van der Waals surface area contributed by atoms with E-state index in [1.807, 2.05) is 0 Å². The van der Waals surface area contributed by atoms with Crippen molar-refractivity contribution in [1.82, 2.24) is 5.32 Å². The van der Waals surface area contributed by atoms with Crippen molar-refractivity contribution in [1.29, 1.82) is 0 Å². The Morgan fingerprint density at radius 1 is 1.12 bits per heavy atom. The van der Waals surface area contributed by atoms with E-state index in [4.69, 9.17) is 29.8 Å². The maximum absolute atomic E-state index is 13.7. The van der Waals surface area contributed by atoms with Crippen LogP contribution in [0.1, 0.15) is 38.5 Å². The summed E-state index contributed by atoms with van der Waals surface area (Å²) in [6.07, 6.45) is 2.28. The summed E-state index contributed by atoms with van der Waals surface area (Å²) in [5.74, 6) is -7.06. The number of rotatable bonds is 15. The van der Waals surface area contributed by atoms with Crippen LogP contribution in [0.5, 0.6) is 0 Å². The van der Waals surface area contributed by atoms with E-state index < -0.39 is 67.1 Å². The molecule has 290 valence electrons. The van der Waals surface area contributed by atoms with Crippen LogP contribution in [0.2, 0.25) is 0 Å². The fourth-order valence-corrected chi connectivity index (χ4v) is 6.49. The Bertz CT molecular complexity index is 1420. The highest BCUT2D eigenvalue weighted by atomic mass is 16.8. The molecule has 1 saturated heterocycles. The summed E-state index contributed by atoms with van der Waals surface area (Å²) >= 11 is 0. The van der Waals surface area contributed by atoms with Crippen LogP contribution >= 0.6 is 0 Å². The number of quaternary nitrogens is 1. The minimum atomic E-state index is -3.13. The fourth-order valence-electron chi connectivity index (χ4n) is 6.49. The molecule has 18 nitrogen and oxygen atoms in total. The quantitative estimate of drug-likeness (QED) is 0.0195. The van der Waals surface area contributed by atoms with Crippen LogP contribution in [0.4, 0.5) is 0 Å². The van der Waals surface area contributed by atoms with Crippen LogP contribution in [0.15, 0.2) is 64.7 Å². The fraction of sp³-hybridized carbons (Fsp3) is 0.618. The molecule has 4 aliphatic rings. The van der Waals surface area contributed by atoms with Crippen molar-refractivity contribution in [2.45, 2.75) is 81.3 Å². The molecule has 1 saturated carbocycles. The largest absolute Gasteiger partial charge is 0.477 e. The zero-order valence-electron chi connectivity index (χ0n) is 28.7. The molecule has 0 aromatic heterocycles. The Balaban J connectivity index is 1.74. The van der Waals surface area contributed by atoms with Gasteiger partial charge < -0.3 is 75.8 Å². The van der Waals surface area contributed by atoms with Gasteiger partial charge in [0, 0.05) is 24.6 Å². The molecular weight excluding hydrogens is 688 g/mol. The van der Waals surface area contributed by atoms with Gasteiger partial charge in [0.15, 0.2) is 18.4 Å². The highest BCUT2D eigenvalue weighted by Gasteiger charge is 2.56. The Kier molecular flexibility index (Phi) is 14.9. The number of nitrogens with one attached hydrogen (secondary N) is 2. The van der Waals surface area contributed by atoms with Crippen LogP contribution in [0.25, 0.3) is 0 Å². The van der Waals surface area contributed by atoms with E-state index >= 15 is 0 Å². The number of hydrogen-bond acceptors (Lipinski definition) is 14. The van der Waals surface area contributed by atoms with Gasteiger partial charge in [0.1, 0.15) is 43.2 Å².